The Hall–Kier alpha value is -2.86. The van der Waals surface area contributed by atoms with Crippen LogP contribution in [0.3, 0.4) is 0 Å². The normalized spacial score (nSPS) is 11.1. The summed E-state index contributed by atoms with van der Waals surface area (Å²) < 4.78 is 23.7. The Kier molecular flexibility index (Phi) is 4.77. The van der Waals surface area contributed by atoms with Crippen molar-refractivity contribution in [3.8, 4) is 5.75 Å². The molecule has 122 valence electrons. The molecule has 0 aliphatic rings. The summed E-state index contributed by atoms with van der Waals surface area (Å²) in [5, 5.41) is 7.64. The molecule has 0 radical (unpaired) electrons. The number of benzene rings is 2. The molecule has 0 bridgehead atoms. The number of halogens is 2. The molecule has 3 aromatic rings. The highest BCUT2D eigenvalue weighted by Gasteiger charge is 2.03. The van der Waals surface area contributed by atoms with Crippen LogP contribution in [-0.4, -0.2) is 10.2 Å². The summed E-state index contributed by atoms with van der Waals surface area (Å²) in [7, 11) is 0. The van der Waals surface area contributed by atoms with Crippen LogP contribution in [0, 0.1) is 5.82 Å². The number of nitrogens with zero attached hydrogens (tertiary/aromatic N) is 2. The van der Waals surface area contributed by atoms with Gasteiger partial charge in [-0.15, -0.1) is 5.10 Å². The summed E-state index contributed by atoms with van der Waals surface area (Å²) in [5.74, 6) is 0.635. The first-order valence-electron chi connectivity index (χ1n) is 7.04. The van der Waals surface area contributed by atoms with Crippen LogP contribution in [0.25, 0.3) is 12.2 Å². The lowest BCUT2D eigenvalue weighted by molar-refractivity contribution is 0.306. The number of nitrogen functional groups attached to an aromatic ring is 1. The summed E-state index contributed by atoms with van der Waals surface area (Å²) >= 11 is 5.96. The minimum absolute atomic E-state index is 0.0258. The van der Waals surface area contributed by atoms with Crippen molar-refractivity contribution in [1.29, 1.82) is 0 Å². The summed E-state index contributed by atoms with van der Waals surface area (Å²) in [6, 6.07) is 11.6. The molecule has 2 N–H and O–H groups in total. The lowest BCUT2D eigenvalue weighted by Crippen LogP contribution is -1.96. The molecule has 1 heterocycles. The fraction of sp³-hybridized carbons (Fsp3) is 0.0588. The Morgan fingerprint density at radius 1 is 1.12 bits per heavy atom. The van der Waals surface area contributed by atoms with E-state index in [-0.39, 0.29) is 18.4 Å². The van der Waals surface area contributed by atoms with Crippen molar-refractivity contribution >= 4 is 29.8 Å². The third-order valence-electron chi connectivity index (χ3n) is 3.16. The van der Waals surface area contributed by atoms with E-state index in [4.69, 9.17) is 26.5 Å². The Morgan fingerprint density at radius 3 is 2.58 bits per heavy atom. The maximum atomic E-state index is 13.0. The van der Waals surface area contributed by atoms with Crippen molar-refractivity contribution in [1.82, 2.24) is 10.2 Å². The SMILES string of the molecule is Nc1nnc(/C=C/c2ccc(OCc3ccc(F)cc3Cl)cc2)o1. The average Bonchev–Trinajstić information content (AvgIpc) is 2.99. The Labute approximate surface area is 142 Å². The number of hydrogen-bond donors (Lipinski definition) is 1. The third-order valence-corrected chi connectivity index (χ3v) is 3.52. The summed E-state index contributed by atoms with van der Waals surface area (Å²) in [4.78, 5) is 0. The zero-order valence-electron chi connectivity index (χ0n) is 12.4. The van der Waals surface area contributed by atoms with Crippen molar-refractivity contribution in [3.63, 3.8) is 0 Å². The largest absolute Gasteiger partial charge is 0.489 e. The smallest absolute Gasteiger partial charge is 0.313 e. The van der Waals surface area contributed by atoms with E-state index in [2.05, 4.69) is 10.2 Å². The van der Waals surface area contributed by atoms with E-state index in [0.29, 0.717) is 16.7 Å². The molecule has 0 saturated heterocycles. The Balaban J connectivity index is 1.61. The maximum absolute atomic E-state index is 13.0. The molecule has 7 heteroatoms. The number of aromatic nitrogens is 2. The first-order chi connectivity index (χ1) is 11.6. The zero-order valence-corrected chi connectivity index (χ0v) is 13.2. The first-order valence-corrected chi connectivity index (χ1v) is 7.42. The van der Waals surface area contributed by atoms with Crippen molar-refractivity contribution in [3.05, 3.63) is 70.3 Å². The van der Waals surface area contributed by atoms with E-state index in [1.54, 1.807) is 12.1 Å². The van der Waals surface area contributed by atoms with Gasteiger partial charge in [0.25, 0.3) is 0 Å². The highest BCUT2D eigenvalue weighted by molar-refractivity contribution is 6.31. The van der Waals surface area contributed by atoms with Gasteiger partial charge in [-0.1, -0.05) is 34.9 Å². The Morgan fingerprint density at radius 2 is 1.92 bits per heavy atom. The zero-order chi connectivity index (χ0) is 16.9. The predicted molar refractivity (Wildman–Crippen MR) is 89.8 cm³/mol. The van der Waals surface area contributed by atoms with E-state index < -0.39 is 0 Å². The molecule has 0 amide bonds. The molecule has 0 aliphatic carbocycles. The van der Waals surface area contributed by atoms with Gasteiger partial charge in [0, 0.05) is 11.6 Å². The lowest BCUT2D eigenvalue weighted by Gasteiger charge is -2.08. The van der Waals surface area contributed by atoms with E-state index in [1.807, 2.05) is 30.3 Å². The lowest BCUT2D eigenvalue weighted by atomic mass is 10.2. The molecule has 2 aromatic carbocycles. The van der Waals surface area contributed by atoms with Crippen LogP contribution in [0.4, 0.5) is 10.4 Å². The van der Waals surface area contributed by atoms with E-state index in [0.717, 1.165) is 11.1 Å². The van der Waals surface area contributed by atoms with Crippen molar-refractivity contribution in [2.24, 2.45) is 0 Å². The van der Waals surface area contributed by atoms with Crippen LogP contribution < -0.4 is 10.5 Å². The fourth-order valence-corrected chi connectivity index (χ4v) is 2.18. The van der Waals surface area contributed by atoms with E-state index >= 15 is 0 Å². The van der Waals surface area contributed by atoms with Crippen LogP contribution in [0.15, 0.2) is 46.9 Å². The van der Waals surface area contributed by atoms with Gasteiger partial charge in [-0.25, -0.2) is 4.39 Å². The fourth-order valence-electron chi connectivity index (χ4n) is 1.96. The average molecular weight is 346 g/mol. The number of hydrogen-bond acceptors (Lipinski definition) is 5. The molecule has 5 nitrogen and oxygen atoms in total. The molecular weight excluding hydrogens is 333 g/mol. The molecule has 0 aliphatic heterocycles. The first kappa shape index (κ1) is 16.0. The van der Waals surface area contributed by atoms with Crippen LogP contribution in [0.1, 0.15) is 17.0 Å². The topological polar surface area (TPSA) is 74.2 Å². The van der Waals surface area contributed by atoms with Crippen molar-refractivity contribution in [2.45, 2.75) is 6.61 Å². The second-order valence-electron chi connectivity index (χ2n) is 4.91. The number of rotatable bonds is 5. The van der Waals surface area contributed by atoms with Crippen LogP contribution in [0.5, 0.6) is 5.75 Å². The maximum Gasteiger partial charge on any atom is 0.313 e. The van der Waals surface area contributed by atoms with Crippen molar-refractivity contribution in [2.75, 3.05) is 5.73 Å². The number of nitrogens with two attached hydrogens (primary N) is 1. The summed E-state index contributed by atoms with van der Waals surface area (Å²) in [6.07, 6.45) is 3.48. The van der Waals surface area contributed by atoms with E-state index in [1.165, 1.54) is 12.1 Å². The number of ether oxygens (including phenoxy) is 1. The highest BCUT2D eigenvalue weighted by atomic mass is 35.5. The minimum atomic E-state index is -0.372. The molecule has 0 saturated carbocycles. The molecule has 0 fully saturated rings. The van der Waals surface area contributed by atoms with Crippen LogP contribution in [0.2, 0.25) is 5.02 Å². The molecule has 0 atom stereocenters. The van der Waals surface area contributed by atoms with Gasteiger partial charge < -0.3 is 14.9 Å². The van der Waals surface area contributed by atoms with Gasteiger partial charge in [-0.2, -0.15) is 0 Å². The second kappa shape index (κ2) is 7.14. The van der Waals surface area contributed by atoms with E-state index in [9.17, 15) is 4.39 Å². The van der Waals surface area contributed by atoms with Gasteiger partial charge in [0.1, 0.15) is 18.2 Å². The monoisotopic (exact) mass is 345 g/mol. The summed E-state index contributed by atoms with van der Waals surface area (Å²) in [5.41, 5.74) is 6.99. The second-order valence-corrected chi connectivity index (χ2v) is 5.31. The quantitative estimate of drug-likeness (QED) is 0.750. The Bertz CT molecular complexity index is 863. The van der Waals surface area contributed by atoms with Crippen molar-refractivity contribution < 1.29 is 13.5 Å². The molecule has 24 heavy (non-hydrogen) atoms. The highest BCUT2D eigenvalue weighted by Crippen LogP contribution is 2.20. The van der Waals surface area contributed by atoms with Gasteiger partial charge in [0.15, 0.2) is 0 Å². The third kappa shape index (κ3) is 4.11. The van der Waals surface area contributed by atoms with Gasteiger partial charge in [0.2, 0.25) is 5.89 Å². The summed E-state index contributed by atoms with van der Waals surface area (Å²) in [6.45, 7) is 0.259. The van der Waals surface area contributed by atoms with Gasteiger partial charge in [-0.3, -0.25) is 0 Å². The van der Waals surface area contributed by atoms with Crippen LogP contribution >= 0.6 is 11.6 Å². The minimum Gasteiger partial charge on any atom is -0.489 e. The van der Waals surface area contributed by atoms with Crippen LogP contribution in [-0.2, 0) is 6.61 Å². The van der Waals surface area contributed by atoms with Gasteiger partial charge in [0.05, 0.1) is 5.02 Å². The molecular formula is C17H13ClFN3O2. The molecule has 0 unspecified atom stereocenters. The number of anilines is 1. The predicted octanol–water partition coefficient (Wildman–Crippen LogP) is 4.19. The molecule has 3 rings (SSSR count). The van der Waals surface area contributed by atoms with Gasteiger partial charge in [-0.05, 0) is 35.9 Å². The standard InChI is InChI=1S/C17H13ClFN3O2/c18-15-9-13(19)5-4-12(15)10-23-14-6-1-11(2-7-14)3-8-16-21-22-17(20)24-16/h1-9H,10H2,(H2,20,22)/b8-3+. The van der Waals surface area contributed by atoms with Gasteiger partial charge >= 0.3 is 6.01 Å². The molecule has 0 spiro atoms. The molecule has 1 aromatic heterocycles.